The molecule has 2 fully saturated rings. The average molecular weight is 731 g/mol. The van der Waals surface area contributed by atoms with E-state index in [1.807, 2.05) is 12.1 Å². The maximum atomic E-state index is 14.0. The molecule has 0 radical (unpaired) electrons. The first kappa shape index (κ1) is 37.1. The summed E-state index contributed by atoms with van der Waals surface area (Å²) in [5.74, 6) is 1.89. The number of amides is 4. The Morgan fingerprint density at radius 2 is 1.51 bits per heavy atom. The fourth-order valence-corrected chi connectivity index (χ4v) is 6.95. The first-order valence-corrected chi connectivity index (χ1v) is 17.7. The van der Waals surface area contributed by atoms with Gasteiger partial charge in [0.25, 0.3) is 11.8 Å². The van der Waals surface area contributed by atoms with Crippen molar-refractivity contribution in [2.75, 3.05) is 61.2 Å². The van der Waals surface area contributed by atoms with Gasteiger partial charge in [0.1, 0.15) is 29.1 Å². The maximum absolute atomic E-state index is 14.0. The van der Waals surface area contributed by atoms with Crippen LogP contribution in [0.5, 0.6) is 34.5 Å². The van der Waals surface area contributed by atoms with E-state index in [0.29, 0.717) is 72.4 Å². The van der Waals surface area contributed by atoms with Gasteiger partial charge < -0.3 is 48.9 Å². The van der Waals surface area contributed by atoms with E-state index in [-0.39, 0.29) is 62.2 Å². The van der Waals surface area contributed by atoms with Crippen molar-refractivity contribution in [3.8, 4) is 34.5 Å². The van der Waals surface area contributed by atoms with Crippen LogP contribution in [0.25, 0.3) is 0 Å². The van der Waals surface area contributed by atoms with Crippen LogP contribution in [0.15, 0.2) is 54.6 Å². The summed E-state index contributed by atoms with van der Waals surface area (Å²) in [5.41, 5.74) is 2.11. The number of hydrogen-bond donors (Lipinski definition) is 2. The van der Waals surface area contributed by atoms with Crippen LogP contribution in [0, 0.1) is 5.92 Å². The monoisotopic (exact) mass is 730 g/mol. The fourth-order valence-electron chi connectivity index (χ4n) is 6.95. The summed E-state index contributed by atoms with van der Waals surface area (Å²) in [6.07, 6.45) is 1.16. The summed E-state index contributed by atoms with van der Waals surface area (Å²) in [7, 11) is 6.13. The van der Waals surface area contributed by atoms with Gasteiger partial charge in [0, 0.05) is 61.8 Å². The summed E-state index contributed by atoms with van der Waals surface area (Å²) < 4.78 is 34.1. The second-order valence-corrected chi connectivity index (χ2v) is 13.3. The molecule has 53 heavy (non-hydrogen) atoms. The van der Waals surface area contributed by atoms with Gasteiger partial charge in [-0.1, -0.05) is 6.07 Å². The molecule has 0 spiro atoms. The Hall–Kier alpha value is -5.66. The van der Waals surface area contributed by atoms with Gasteiger partial charge in [0.15, 0.2) is 18.1 Å². The fraction of sp³-hybridized carbons (Fsp3) is 0.436. The number of carbonyl (C=O) groups excluding carboxylic acids is 4. The zero-order valence-electron chi connectivity index (χ0n) is 30.5. The number of nitrogens with one attached hydrogen (secondary N) is 2. The van der Waals surface area contributed by atoms with Gasteiger partial charge >= 0.3 is 0 Å². The van der Waals surface area contributed by atoms with Crippen molar-refractivity contribution in [3.05, 3.63) is 71.3 Å². The minimum absolute atomic E-state index is 0.0548. The van der Waals surface area contributed by atoms with Crippen LogP contribution in [-0.2, 0) is 27.3 Å². The molecule has 14 nitrogen and oxygen atoms in total. The molecule has 4 amide bonds. The minimum atomic E-state index is -0.581. The predicted octanol–water partition coefficient (Wildman–Crippen LogP) is 2.99. The number of likely N-dealkylation sites (tertiary alicyclic amines) is 2. The van der Waals surface area contributed by atoms with E-state index in [1.54, 1.807) is 59.4 Å². The van der Waals surface area contributed by atoms with Crippen LogP contribution in [-0.4, -0.2) is 107 Å². The van der Waals surface area contributed by atoms with Gasteiger partial charge in [0.05, 0.1) is 41.0 Å². The Balaban J connectivity index is 1.17. The summed E-state index contributed by atoms with van der Waals surface area (Å²) >= 11 is 0. The second kappa shape index (κ2) is 16.8. The van der Waals surface area contributed by atoms with Crippen molar-refractivity contribution in [3.63, 3.8) is 0 Å². The van der Waals surface area contributed by atoms with E-state index in [4.69, 9.17) is 28.4 Å². The molecule has 3 aromatic rings. The van der Waals surface area contributed by atoms with Crippen molar-refractivity contribution in [2.24, 2.45) is 5.92 Å². The number of aryl methyl sites for hydroxylation is 1. The number of carbonyl (C=O) groups is 4. The number of piperidine rings is 1. The second-order valence-electron chi connectivity index (χ2n) is 13.3. The average Bonchev–Trinajstić information content (AvgIpc) is 3.58. The molecule has 0 aromatic heterocycles. The first-order chi connectivity index (χ1) is 25.7. The van der Waals surface area contributed by atoms with Crippen molar-refractivity contribution < 1.29 is 47.6 Å². The molecule has 0 saturated carbocycles. The number of hydrogen-bond acceptors (Lipinski definition) is 10. The molecular weight excluding hydrogens is 684 g/mol. The van der Waals surface area contributed by atoms with Crippen LogP contribution in [0.2, 0.25) is 0 Å². The molecule has 0 aliphatic carbocycles. The SMILES string of the molecule is COc1cc(OC)cc(C(=O)N2CCC(C(=O)N3C[C@H]4NC(=O)COc5ccc(cc5OC)CCC(=O)NCc5ccc(cc5OC)O[C@@H]4C3)CC2)c1. The molecule has 2 atom stereocenters. The third-order valence-corrected chi connectivity index (χ3v) is 9.90. The van der Waals surface area contributed by atoms with Crippen LogP contribution in [0.1, 0.15) is 40.7 Å². The Morgan fingerprint density at radius 1 is 0.774 bits per heavy atom. The quantitative estimate of drug-likeness (QED) is 0.387. The maximum Gasteiger partial charge on any atom is 0.258 e. The van der Waals surface area contributed by atoms with Crippen molar-refractivity contribution in [1.29, 1.82) is 0 Å². The molecule has 6 heterocycles. The van der Waals surface area contributed by atoms with Gasteiger partial charge in [-0.15, -0.1) is 0 Å². The van der Waals surface area contributed by atoms with Gasteiger partial charge in [-0.05, 0) is 61.2 Å². The highest BCUT2D eigenvalue weighted by Crippen LogP contribution is 2.31. The van der Waals surface area contributed by atoms with Crippen molar-refractivity contribution >= 4 is 23.6 Å². The molecular formula is C39H46N4O10. The summed E-state index contributed by atoms with van der Waals surface area (Å²) in [4.78, 5) is 56.8. The molecule has 2 N–H and O–H groups in total. The molecule has 6 aliphatic rings. The van der Waals surface area contributed by atoms with E-state index in [1.165, 1.54) is 21.3 Å². The van der Waals surface area contributed by atoms with Crippen molar-refractivity contribution in [1.82, 2.24) is 20.4 Å². The van der Waals surface area contributed by atoms with Crippen LogP contribution in [0.4, 0.5) is 0 Å². The lowest BCUT2D eigenvalue weighted by atomic mass is 9.95. The third kappa shape index (κ3) is 8.87. The smallest absolute Gasteiger partial charge is 0.258 e. The van der Waals surface area contributed by atoms with Gasteiger partial charge in [0.2, 0.25) is 11.8 Å². The predicted molar refractivity (Wildman–Crippen MR) is 193 cm³/mol. The lowest BCUT2D eigenvalue weighted by molar-refractivity contribution is -0.136. The summed E-state index contributed by atoms with van der Waals surface area (Å²) in [5, 5.41) is 5.98. The van der Waals surface area contributed by atoms with E-state index in [9.17, 15) is 19.2 Å². The number of rotatable bonds is 6. The Kier molecular flexibility index (Phi) is 11.8. The summed E-state index contributed by atoms with van der Waals surface area (Å²) in [6, 6.07) is 15.2. The van der Waals surface area contributed by atoms with Crippen molar-refractivity contribution in [2.45, 2.75) is 44.4 Å². The molecule has 14 heteroatoms. The van der Waals surface area contributed by atoms with Crippen LogP contribution in [0.3, 0.4) is 0 Å². The largest absolute Gasteiger partial charge is 0.497 e. The van der Waals surface area contributed by atoms with E-state index >= 15 is 0 Å². The highest BCUT2D eigenvalue weighted by molar-refractivity contribution is 5.95. The van der Waals surface area contributed by atoms with Gasteiger partial charge in [-0.2, -0.15) is 0 Å². The van der Waals surface area contributed by atoms with E-state index in [0.717, 1.165) is 11.1 Å². The zero-order chi connectivity index (χ0) is 37.5. The topological polar surface area (TPSA) is 154 Å². The lowest BCUT2D eigenvalue weighted by Gasteiger charge is -2.33. The third-order valence-electron chi connectivity index (χ3n) is 9.90. The molecule has 6 aliphatic heterocycles. The van der Waals surface area contributed by atoms with E-state index < -0.39 is 12.1 Å². The molecule has 282 valence electrons. The number of benzene rings is 3. The van der Waals surface area contributed by atoms with E-state index in [2.05, 4.69) is 10.6 Å². The Labute approximate surface area is 308 Å². The lowest BCUT2D eigenvalue weighted by Crippen LogP contribution is -2.47. The van der Waals surface area contributed by atoms with Gasteiger partial charge in [-0.3, -0.25) is 19.2 Å². The number of methoxy groups -OCH3 is 4. The number of ether oxygens (including phenoxy) is 6. The minimum Gasteiger partial charge on any atom is -0.497 e. The highest BCUT2D eigenvalue weighted by Gasteiger charge is 2.41. The molecule has 2 saturated heterocycles. The highest BCUT2D eigenvalue weighted by atomic mass is 16.5. The Bertz CT molecular complexity index is 1800. The van der Waals surface area contributed by atoms with Crippen LogP contribution < -0.4 is 39.1 Å². The molecule has 0 unspecified atom stereocenters. The van der Waals surface area contributed by atoms with Crippen LogP contribution >= 0.6 is 0 Å². The standard InChI is InChI=1S/C39H46N4O10/c1-48-29-16-27(17-30(18-29)49-2)39(47)42-13-11-25(12-14-42)38(46)43-21-31-35(22-43)53-28-8-7-26(33(19-28)50-3)20-40-36(44)10-6-24-5-9-32(34(15-24)51-4)52-23-37(45)41-31/h5,7-9,15-19,25,31,35H,6,10-14,20-23H2,1-4H3,(H,40,44)(H,41,45)/t31-,35-/m1/s1. The number of nitrogens with zero attached hydrogens (tertiary/aromatic N) is 2. The zero-order valence-corrected chi connectivity index (χ0v) is 30.5. The van der Waals surface area contributed by atoms with Gasteiger partial charge in [-0.25, -0.2) is 0 Å². The normalized spacial score (nSPS) is 19.6. The molecule has 9 rings (SSSR count). The Morgan fingerprint density at radius 3 is 2.21 bits per heavy atom. The molecule has 3 aromatic carbocycles. The first-order valence-electron chi connectivity index (χ1n) is 17.7. The summed E-state index contributed by atoms with van der Waals surface area (Å²) in [6.45, 7) is 1.28. The molecule has 4 bridgehead atoms.